The minimum absolute atomic E-state index is 0.0316. The van der Waals surface area contributed by atoms with Crippen molar-refractivity contribution in [1.29, 1.82) is 0 Å². The Morgan fingerprint density at radius 2 is 1.58 bits per heavy atom. The molecule has 4 heteroatoms. The number of rotatable bonds is 5. The summed E-state index contributed by atoms with van der Waals surface area (Å²) in [6, 6.07) is 21.0. The molecular weight excluding hydrogens is 411 g/mol. The van der Waals surface area contributed by atoms with E-state index in [1.807, 2.05) is 24.3 Å². The minimum Gasteiger partial charge on any atom is -0.349 e. The quantitative estimate of drug-likeness (QED) is 0.544. The maximum atomic E-state index is 13.1. The fourth-order valence-corrected chi connectivity index (χ4v) is 5.13. The van der Waals surface area contributed by atoms with Crippen molar-refractivity contribution in [3.8, 4) is 11.1 Å². The number of piperidine rings is 1. The van der Waals surface area contributed by atoms with Gasteiger partial charge in [-0.1, -0.05) is 48.9 Å². The molecule has 170 valence electrons. The van der Waals surface area contributed by atoms with Crippen molar-refractivity contribution >= 4 is 5.91 Å². The molecule has 5 rings (SSSR count). The molecule has 1 unspecified atom stereocenters. The number of hydrogen-bond acceptors (Lipinski definition) is 2. The fourth-order valence-electron chi connectivity index (χ4n) is 5.13. The van der Waals surface area contributed by atoms with E-state index in [0.29, 0.717) is 5.56 Å². The Bertz CT molecular complexity index is 1100. The van der Waals surface area contributed by atoms with Gasteiger partial charge in [-0.25, -0.2) is 4.39 Å². The number of halogens is 1. The first-order chi connectivity index (χ1) is 16.1. The van der Waals surface area contributed by atoms with E-state index < -0.39 is 0 Å². The van der Waals surface area contributed by atoms with Crippen LogP contribution in [0.15, 0.2) is 66.7 Å². The van der Waals surface area contributed by atoms with Gasteiger partial charge in [0.05, 0.1) is 0 Å². The lowest BCUT2D eigenvalue weighted by molar-refractivity contribution is 0.0933. The normalized spacial score (nSPS) is 18.5. The number of nitrogens with one attached hydrogen (secondary N) is 1. The Morgan fingerprint density at radius 3 is 2.30 bits per heavy atom. The van der Waals surface area contributed by atoms with Gasteiger partial charge in [0.25, 0.3) is 5.91 Å². The molecule has 0 spiro atoms. The Kier molecular flexibility index (Phi) is 6.54. The van der Waals surface area contributed by atoms with Gasteiger partial charge in [0.2, 0.25) is 0 Å². The van der Waals surface area contributed by atoms with E-state index in [4.69, 9.17) is 0 Å². The summed E-state index contributed by atoms with van der Waals surface area (Å²) >= 11 is 0. The predicted molar refractivity (Wildman–Crippen MR) is 131 cm³/mol. The van der Waals surface area contributed by atoms with Crippen molar-refractivity contribution in [2.45, 2.75) is 51.1 Å². The van der Waals surface area contributed by atoms with E-state index >= 15 is 0 Å². The molecule has 1 aliphatic carbocycles. The summed E-state index contributed by atoms with van der Waals surface area (Å²) in [6.07, 6.45) is 6.88. The molecule has 1 fully saturated rings. The van der Waals surface area contributed by atoms with Gasteiger partial charge in [-0.05, 0) is 97.3 Å². The predicted octanol–water partition coefficient (Wildman–Crippen LogP) is 5.77. The van der Waals surface area contributed by atoms with Crippen LogP contribution in [0, 0.1) is 5.82 Å². The second-order valence-electron chi connectivity index (χ2n) is 9.44. The van der Waals surface area contributed by atoms with Gasteiger partial charge in [0.1, 0.15) is 5.82 Å². The van der Waals surface area contributed by atoms with Crippen LogP contribution in [0.5, 0.6) is 0 Å². The highest BCUT2D eigenvalue weighted by Gasteiger charge is 2.21. The summed E-state index contributed by atoms with van der Waals surface area (Å²) in [7, 11) is 0. The van der Waals surface area contributed by atoms with E-state index in [-0.39, 0.29) is 17.8 Å². The van der Waals surface area contributed by atoms with Crippen LogP contribution >= 0.6 is 0 Å². The van der Waals surface area contributed by atoms with Crippen LogP contribution in [0.3, 0.4) is 0 Å². The maximum Gasteiger partial charge on any atom is 0.251 e. The number of carbonyl (C=O) groups is 1. The lowest BCUT2D eigenvalue weighted by Crippen LogP contribution is -2.38. The van der Waals surface area contributed by atoms with Crippen molar-refractivity contribution in [2.75, 3.05) is 13.1 Å². The van der Waals surface area contributed by atoms with E-state index in [1.165, 1.54) is 61.2 Å². The average Bonchev–Trinajstić information content (AvgIpc) is 2.85. The number of fused-ring (bicyclic) bond motifs is 1. The number of carbonyl (C=O) groups excluding carboxylic acids is 1. The number of amides is 1. The molecule has 1 saturated heterocycles. The molecule has 1 atom stereocenters. The van der Waals surface area contributed by atoms with Crippen LogP contribution in [0.1, 0.15) is 52.7 Å². The summed E-state index contributed by atoms with van der Waals surface area (Å²) in [4.78, 5) is 15.4. The van der Waals surface area contributed by atoms with E-state index in [9.17, 15) is 9.18 Å². The zero-order valence-electron chi connectivity index (χ0n) is 19.0. The fraction of sp³-hybridized carbons (Fsp3) is 0.345. The number of benzene rings is 3. The van der Waals surface area contributed by atoms with Gasteiger partial charge in [-0.3, -0.25) is 9.69 Å². The molecule has 0 saturated carbocycles. The summed E-state index contributed by atoms with van der Waals surface area (Å²) in [5.41, 5.74) is 6.78. The molecule has 1 N–H and O–H groups in total. The zero-order valence-corrected chi connectivity index (χ0v) is 19.0. The molecule has 0 radical (unpaired) electrons. The number of nitrogens with zero attached hydrogens (tertiary/aromatic N) is 1. The van der Waals surface area contributed by atoms with Crippen molar-refractivity contribution < 1.29 is 9.18 Å². The Hall–Kier alpha value is -2.98. The SMILES string of the molecule is O=C(NC1CCc2cc(CN3CCCCC3)ccc2C1)c1ccc(-c2ccc(F)cc2)cc1. The standard InChI is InChI=1S/C29H31FN2O/c30-27-13-10-23(11-14-27)22-6-8-24(9-7-22)29(33)31-28-15-12-25-18-21(4-5-26(25)19-28)20-32-16-2-1-3-17-32/h4-11,13-14,18,28H,1-3,12,15-17,19-20H2,(H,31,33). The number of aryl methyl sites for hydroxylation is 1. The van der Waals surface area contributed by atoms with Crippen molar-refractivity contribution in [3.63, 3.8) is 0 Å². The van der Waals surface area contributed by atoms with Gasteiger partial charge in [0.15, 0.2) is 0 Å². The molecule has 2 aliphatic rings. The average molecular weight is 443 g/mol. The molecule has 0 aromatic heterocycles. The third-order valence-electron chi connectivity index (χ3n) is 7.01. The summed E-state index contributed by atoms with van der Waals surface area (Å²) in [5, 5.41) is 3.23. The van der Waals surface area contributed by atoms with Crippen molar-refractivity contribution in [3.05, 3.63) is 94.8 Å². The highest BCUT2D eigenvalue weighted by atomic mass is 19.1. The van der Waals surface area contributed by atoms with E-state index in [1.54, 1.807) is 12.1 Å². The van der Waals surface area contributed by atoms with Gasteiger partial charge in [-0.15, -0.1) is 0 Å². The van der Waals surface area contributed by atoms with Crippen molar-refractivity contribution in [1.82, 2.24) is 10.2 Å². The monoisotopic (exact) mass is 442 g/mol. The van der Waals surface area contributed by atoms with E-state index in [0.717, 1.165) is 36.9 Å². The summed E-state index contributed by atoms with van der Waals surface area (Å²) < 4.78 is 13.1. The third-order valence-corrected chi connectivity index (χ3v) is 7.01. The van der Waals surface area contributed by atoms with E-state index in [2.05, 4.69) is 28.4 Å². The lowest BCUT2D eigenvalue weighted by Gasteiger charge is -2.28. The largest absolute Gasteiger partial charge is 0.349 e. The molecule has 0 bridgehead atoms. The second kappa shape index (κ2) is 9.88. The third kappa shape index (κ3) is 5.33. The Labute approximate surface area is 195 Å². The molecule has 33 heavy (non-hydrogen) atoms. The minimum atomic E-state index is -0.248. The lowest BCUT2D eigenvalue weighted by atomic mass is 9.87. The summed E-state index contributed by atoms with van der Waals surface area (Å²) in [5.74, 6) is -0.280. The first-order valence-electron chi connectivity index (χ1n) is 12.1. The van der Waals surface area contributed by atoms with Crippen LogP contribution in [0.2, 0.25) is 0 Å². The van der Waals surface area contributed by atoms with Gasteiger partial charge in [0, 0.05) is 18.2 Å². The molecule has 3 aromatic carbocycles. The molecule has 1 heterocycles. The number of hydrogen-bond donors (Lipinski definition) is 1. The first-order valence-corrected chi connectivity index (χ1v) is 12.1. The van der Waals surface area contributed by atoms with Gasteiger partial charge < -0.3 is 5.32 Å². The van der Waals surface area contributed by atoms with Crippen LogP contribution in [0.25, 0.3) is 11.1 Å². The number of likely N-dealkylation sites (tertiary alicyclic amines) is 1. The molecule has 3 nitrogen and oxygen atoms in total. The van der Waals surface area contributed by atoms with Crippen LogP contribution in [-0.4, -0.2) is 29.9 Å². The second-order valence-corrected chi connectivity index (χ2v) is 9.44. The highest BCUT2D eigenvalue weighted by molar-refractivity contribution is 5.94. The van der Waals surface area contributed by atoms with Gasteiger partial charge in [-0.2, -0.15) is 0 Å². The van der Waals surface area contributed by atoms with Crippen LogP contribution in [0.4, 0.5) is 4.39 Å². The zero-order chi connectivity index (χ0) is 22.6. The highest BCUT2D eigenvalue weighted by Crippen LogP contribution is 2.25. The van der Waals surface area contributed by atoms with Crippen LogP contribution in [-0.2, 0) is 19.4 Å². The molecule has 1 aliphatic heterocycles. The Morgan fingerprint density at radius 1 is 0.879 bits per heavy atom. The molecular formula is C29H31FN2O. The smallest absolute Gasteiger partial charge is 0.251 e. The molecule has 1 amide bonds. The molecule has 3 aromatic rings. The topological polar surface area (TPSA) is 32.3 Å². The van der Waals surface area contributed by atoms with Crippen LogP contribution < -0.4 is 5.32 Å². The summed E-state index contributed by atoms with van der Waals surface area (Å²) in [6.45, 7) is 3.49. The van der Waals surface area contributed by atoms with Gasteiger partial charge >= 0.3 is 0 Å². The first kappa shape index (κ1) is 21.8. The Balaban J connectivity index is 1.18. The maximum absolute atomic E-state index is 13.1. The van der Waals surface area contributed by atoms with Crippen molar-refractivity contribution in [2.24, 2.45) is 0 Å².